The number of rotatable bonds is 3. The van der Waals surface area contributed by atoms with Gasteiger partial charge in [-0.2, -0.15) is 0 Å². The summed E-state index contributed by atoms with van der Waals surface area (Å²) < 4.78 is 5.75. The number of halogens is 4. The fourth-order valence-electron chi connectivity index (χ4n) is 5.51. The average Bonchev–Trinajstić information content (AvgIpc) is 3.40. The van der Waals surface area contributed by atoms with Gasteiger partial charge >= 0.3 is 234 Å². The molecule has 2 unspecified atom stereocenters. The first-order chi connectivity index (χ1) is 16.7. The standard InChI is InChI=1S/C15H8BrS.C15H10Br.2BrH.Zr/c16-14-8-12-7-10-4-5-13(15(10)14)9-2-1-3-11(6-9)17-12;16-14-8-4-7-12-9-10-13(15(12)14)11-5-2-1-3-6-11;;;/h1-4,6-8,13H;1-9,13H;2*1H;/q;;;;+2/p-2. The van der Waals surface area contributed by atoms with Crippen molar-refractivity contribution in [3.05, 3.63) is 134 Å². The number of fused-ring (bicyclic) bond motifs is 2. The molecule has 4 aliphatic rings. The molecule has 2 aliphatic carbocycles. The molecule has 2 atom stereocenters. The first-order valence-electron chi connectivity index (χ1n) is 11.3. The maximum Gasteiger partial charge on any atom is -1.00 e. The molecule has 2 heterocycles. The fraction of sp³-hybridized carbons (Fsp3) is 0.0667. The second kappa shape index (κ2) is 10.9. The smallest absolute Gasteiger partial charge is 1.00 e. The van der Waals surface area contributed by atoms with Crippen molar-refractivity contribution in [1.82, 2.24) is 0 Å². The maximum atomic E-state index is 3.95. The molecule has 8 rings (SSSR count). The fourth-order valence-corrected chi connectivity index (χ4v) is 12.1. The molecule has 0 amide bonds. The number of allylic oxidation sites excluding steroid dienone is 2. The van der Waals surface area contributed by atoms with E-state index in [0.717, 1.165) is 0 Å². The summed E-state index contributed by atoms with van der Waals surface area (Å²) in [5.41, 5.74) is 8.48. The van der Waals surface area contributed by atoms with Crippen LogP contribution in [0.4, 0.5) is 0 Å². The van der Waals surface area contributed by atoms with Crippen LogP contribution in [0.1, 0.15) is 45.2 Å². The first-order valence-corrected chi connectivity index (χ1v) is 16.2. The number of hydrogen-bond acceptors (Lipinski definition) is 1. The van der Waals surface area contributed by atoms with Crippen LogP contribution in [0.15, 0.2) is 110 Å². The average molecular weight is 821 g/mol. The molecule has 0 N–H and O–H groups in total. The van der Waals surface area contributed by atoms with E-state index in [1.807, 2.05) is 11.8 Å². The van der Waals surface area contributed by atoms with Crippen LogP contribution >= 0.6 is 43.6 Å². The van der Waals surface area contributed by atoms with Crippen LogP contribution in [-0.4, -0.2) is 0 Å². The summed E-state index contributed by atoms with van der Waals surface area (Å²) in [6, 6.07) is 31.6. The summed E-state index contributed by atoms with van der Waals surface area (Å²) in [4.78, 5) is 2.64. The molecule has 6 heteroatoms. The van der Waals surface area contributed by atoms with Gasteiger partial charge in [0, 0.05) is 0 Å². The number of benzene rings is 4. The molecular weight excluding hydrogens is 803 g/mol. The normalized spacial score (nSPS) is 17.9. The Labute approximate surface area is 265 Å². The van der Waals surface area contributed by atoms with Gasteiger partial charge in [0.2, 0.25) is 0 Å². The van der Waals surface area contributed by atoms with Gasteiger partial charge in [-0.3, -0.25) is 0 Å². The van der Waals surface area contributed by atoms with E-state index in [2.05, 4.69) is 129 Å². The van der Waals surface area contributed by atoms with Crippen LogP contribution in [0.2, 0.25) is 0 Å². The van der Waals surface area contributed by atoms with Crippen molar-refractivity contribution in [2.45, 2.75) is 21.6 Å². The van der Waals surface area contributed by atoms with Crippen molar-refractivity contribution in [1.29, 1.82) is 0 Å². The minimum atomic E-state index is -1.07. The Hall–Kier alpha value is -0.487. The third kappa shape index (κ3) is 4.63. The molecule has 36 heavy (non-hydrogen) atoms. The third-order valence-corrected chi connectivity index (χ3v) is 12.7. The molecular formula is C30H18Br4SZr. The summed E-state index contributed by atoms with van der Waals surface area (Å²) in [5.74, 6) is 0.700. The summed E-state index contributed by atoms with van der Waals surface area (Å²) in [6.45, 7) is 0. The van der Waals surface area contributed by atoms with Gasteiger partial charge in [-0.25, -0.2) is 0 Å². The quantitative estimate of drug-likeness (QED) is 0.306. The summed E-state index contributed by atoms with van der Waals surface area (Å²) in [7, 11) is 0. The van der Waals surface area contributed by atoms with Crippen molar-refractivity contribution < 1.29 is 57.2 Å². The van der Waals surface area contributed by atoms with Gasteiger partial charge in [-0.05, 0) is 0 Å². The predicted molar refractivity (Wildman–Crippen MR) is 145 cm³/mol. The van der Waals surface area contributed by atoms with E-state index in [4.69, 9.17) is 0 Å². The van der Waals surface area contributed by atoms with E-state index in [0.29, 0.717) is 11.8 Å². The van der Waals surface area contributed by atoms with Gasteiger partial charge in [0.25, 0.3) is 0 Å². The monoisotopic (exact) mass is 816 g/mol. The van der Waals surface area contributed by atoms with E-state index in [9.17, 15) is 0 Å². The number of hydrogen-bond donors (Lipinski definition) is 0. The third-order valence-electron chi connectivity index (χ3n) is 6.89. The summed E-state index contributed by atoms with van der Waals surface area (Å²) >= 11 is 8.63. The van der Waals surface area contributed by atoms with Gasteiger partial charge in [0.15, 0.2) is 0 Å². The minimum Gasteiger partial charge on any atom is -1.00 e. The Bertz CT molecular complexity index is 1540. The van der Waals surface area contributed by atoms with Crippen LogP contribution in [0.3, 0.4) is 0 Å². The molecule has 0 nitrogen and oxygen atoms in total. The Balaban J connectivity index is 0.00000133. The molecule has 0 saturated heterocycles. The molecule has 4 aromatic rings. The Morgan fingerprint density at radius 3 is 2.06 bits per heavy atom. The molecule has 0 aromatic heterocycles. The molecule has 0 fully saturated rings. The Morgan fingerprint density at radius 1 is 0.583 bits per heavy atom. The van der Waals surface area contributed by atoms with Crippen LogP contribution in [-0.2, 0) is 23.2 Å². The zero-order valence-electron chi connectivity index (χ0n) is 18.8. The van der Waals surface area contributed by atoms with Gasteiger partial charge in [0.1, 0.15) is 0 Å². The van der Waals surface area contributed by atoms with Crippen molar-refractivity contribution in [3.63, 3.8) is 0 Å². The van der Waals surface area contributed by atoms with Crippen molar-refractivity contribution in [2.24, 2.45) is 0 Å². The van der Waals surface area contributed by atoms with Gasteiger partial charge in [0.05, 0.1) is 0 Å². The molecule has 0 spiro atoms. The van der Waals surface area contributed by atoms with Crippen molar-refractivity contribution in [3.8, 4) is 0 Å². The second-order valence-corrected chi connectivity index (χ2v) is 15.2. The van der Waals surface area contributed by atoms with Gasteiger partial charge in [-0.15, -0.1) is 0 Å². The van der Waals surface area contributed by atoms with Crippen molar-refractivity contribution in [2.75, 3.05) is 0 Å². The van der Waals surface area contributed by atoms with Crippen LogP contribution in [0.5, 0.6) is 0 Å². The zero-order chi connectivity index (χ0) is 22.8. The van der Waals surface area contributed by atoms with E-state index in [-0.39, 0.29) is 34.0 Å². The molecule has 4 aromatic carbocycles. The Kier molecular flexibility index (Phi) is 8.24. The zero-order valence-corrected chi connectivity index (χ0v) is 28.4. The molecule has 6 bridgehead atoms. The van der Waals surface area contributed by atoms with E-state index >= 15 is 0 Å². The SMILES string of the molecule is Brc1cccc2c1C(c1ccccc1)[C]([Zr+2][C]1=Cc3cc4cc(Br)c3C1c1cccc(c1)S4)=C2.[Br-].[Br-]. The summed E-state index contributed by atoms with van der Waals surface area (Å²) in [5, 5.41) is 0. The largest absolute Gasteiger partial charge is 1.00 e. The van der Waals surface area contributed by atoms with Crippen LogP contribution < -0.4 is 34.0 Å². The molecule has 2 aliphatic heterocycles. The molecule has 0 saturated carbocycles. The van der Waals surface area contributed by atoms with Gasteiger partial charge < -0.3 is 34.0 Å². The second-order valence-electron chi connectivity index (χ2n) is 8.93. The van der Waals surface area contributed by atoms with Crippen LogP contribution in [0, 0.1) is 0 Å². The first kappa shape index (κ1) is 27.1. The minimum absolute atomic E-state index is 0. The molecule has 176 valence electrons. The van der Waals surface area contributed by atoms with E-state index in [1.165, 1.54) is 52.1 Å². The predicted octanol–water partition coefficient (Wildman–Crippen LogP) is 3.44. The Morgan fingerprint density at radius 2 is 1.25 bits per heavy atom. The summed E-state index contributed by atoms with van der Waals surface area (Å²) in [6.07, 6.45) is 5.03. The van der Waals surface area contributed by atoms with E-state index in [1.54, 1.807) is 6.56 Å². The topological polar surface area (TPSA) is 0 Å². The van der Waals surface area contributed by atoms with Crippen molar-refractivity contribution >= 4 is 55.8 Å². The van der Waals surface area contributed by atoms with E-state index < -0.39 is 23.2 Å². The maximum absolute atomic E-state index is 3.95. The van der Waals surface area contributed by atoms with Crippen LogP contribution in [0.25, 0.3) is 12.2 Å². The molecule has 0 radical (unpaired) electrons. The van der Waals surface area contributed by atoms with Gasteiger partial charge in [-0.1, -0.05) is 0 Å².